The van der Waals surface area contributed by atoms with E-state index in [-0.39, 0.29) is 6.61 Å². The number of carboxylic acid groups (broad SMARTS) is 1. The highest BCUT2D eigenvalue weighted by atomic mass is 32.1. The van der Waals surface area contributed by atoms with E-state index in [4.69, 9.17) is 19.6 Å². The molecule has 9 nitrogen and oxygen atoms in total. The molecule has 1 aromatic carbocycles. The molecule has 1 aliphatic heterocycles. The second-order valence-electron chi connectivity index (χ2n) is 7.02. The molecule has 3 aromatic rings. The van der Waals surface area contributed by atoms with Gasteiger partial charge in [-0.1, -0.05) is 11.3 Å². The second kappa shape index (κ2) is 10.2. The fourth-order valence-electron chi connectivity index (χ4n) is 3.27. The summed E-state index contributed by atoms with van der Waals surface area (Å²) in [7, 11) is 5.57. The molecule has 0 spiro atoms. The van der Waals surface area contributed by atoms with Crippen molar-refractivity contribution in [1.29, 1.82) is 0 Å². The molecular formula is C22H25N5O4S. The topological polar surface area (TPSA) is 107 Å². The Morgan fingerprint density at radius 3 is 2.62 bits per heavy atom. The van der Waals surface area contributed by atoms with E-state index in [1.807, 2.05) is 43.3 Å². The third-order valence-corrected chi connectivity index (χ3v) is 5.40. The number of aromatic nitrogens is 3. The number of aliphatic carboxylic acids is 1. The number of carbonyl (C=O) groups is 1. The zero-order valence-corrected chi connectivity index (χ0v) is 19.2. The first-order valence-electron chi connectivity index (χ1n) is 9.82. The highest BCUT2D eigenvalue weighted by molar-refractivity contribution is 7.11. The first-order chi connectivity index (χ1) is 15.3. The largest absolute Gasteiger partial charge is 0.550 e. The minimum atomic E-state index is -1.08. The van der Waals surface area contributed by atoms with Crippen molar-refractivity contribution in [3.63, 3.8) is 0 Å². The molecule has 0 bridgehead atoms. The smallest absolute Gasteiger partial charge is 0.293 e. The van der Waals surface area contributed by atoms with Crippen LogP contribution in [-0.2, 0) is 11.3 Å². The molecule has 0 saturated carbocycles. The Hall–Kier alpha value is -3.50. The van der Waals surface area contributed by atoms with Crippen molar-refractivity contribution in [3.05, 3.63) is 58.7 Å². The van der Waals surface area contributed by atoms with Crippen LogP contribution in [-0.4, -0.2) is 54.4 Å². The van der Waals surface area contributed by atoms with Crippen LogP contribution >= 0.6 is 11.3 Å². The molecule has 0 unspecified atom stereocenters. The molecule has 10 heteroatoms. The van der Waals surface area contributed by atoms with Gasteiger partial charge in [-0.2, -0.15) is 5.10 Å². The van der Waals surface area contributed by atoms with E-state index in [9.17, 15) is 5.11 Å². The Bertz CT molecular complexity index is 1140. The third-order valence-electron chi connectivity index (χ3n) is 4.52. The summed E-state index contributed by atoms with van der Waals surface area (Å²) in [6.45, 7) is 1.44. The van der Waals surface area contributed by atoms with Gasteiger partial charge in [-0.05, 0) is 31.2 Å². The minimum Gasteiger partial charge on any atom is -0.550 e. The molecule has 4 rings (SSSR count). The minimum absolute atomic E-state index is 0.0327. The van der Waals surface area contributed by atoms with Gasteiger partial charge < -0.3 is 24.6 Å². The van der Waals surface area contributed by atoms with E-state index in [2.05, 4.69) is 27.3 Å². The van der Waals surface area contributed by atoms with Crippen LogP contribution in [0.1, 0.15) is 17.5 Å². The van der Waals surface area contributed by atoms with Crippen LogP contribution in [0.4, 0.5) is 11.5 Å². The number of allylic oxidation sites excluding steroid dienone is 1. The summed E-state index contributed by atoms with van der Waals surface area (Å²) >= 11 is 1.65. The zero-order valence-electron chi connectivity index (χ0n) is 18.3. The number of methoxy groups -OCH3 is 1. The molecule has 2 aromatic heterocycles. The van der Waals surface area contributed by atoms with Crippen molar-refractivity contribution in [3.8, 4) is 5.75 Å². The van der Waals surface area contributed by atoms with Crippen molar-refractivity contribution >= 4 is 40.2 Å². The maximum atomic E-state index is 9.28. The number of anilines is 1. The van der Waals surface area contributed by atoms with Crippen LogP contribution in [0, 0.1) is 0 Å². The Kier molecular flexibility index (Phi) is 7.39. The van der Waals surface area contributed by atoms with Gasteiger partial charge in [0, 0.05) is 31.7 Å². The predicted octanol–water partition coefficient (Wildman–Crippen LogP) is 1.08. The number of aliphatic hydroxyl groups excluding tert-OH is 1. The highest BCUT2D eigenvalue weighted by Crippen LogP contribution is 2.30. The van der Waals surface area contributed by atoms with Crippen molar-refractivity contribution in [2.75, 3.05) is 32.7 Å². The predicted molar refractivity (Wildman–Crippen MR) is 121 cm³/mol. The lowest BCUT2D eigenvalue weighted by atomic mass is 10.1. The first-order valence-corrected chi connectivity index (χ1v) is 10.7. The van der Waals surface area contributed by atoms with Gasteiger partial charge in [0.15, 0.2) is 17.7 Å². The molecular weight excluding hydrogens is 430 g/mol. The van der Waals surface area contributed by atoms with Crippen molar-refractivity contribution in [1.82, 2.24) is 9.78 Å². The number of nitrogens with zero attached hydrogens (tertiary/aromatic N) is 5. The number of hydrogen-bond donors (Lipinski definition) is 1. The summed E-state index contributed by atoms with van der Waals surface area (Å²) in [4.78, 5) is 15.8. The zero-order chi connectivity index (χ0) is 23.3. The van der Waals surface area contributed by atoms with E-state index in [1.165, 1.54) is 0 Å². The number of benzene rings is 1. The normalized spacial score (nSPS) is 13.3. The second-order valence-corrected chi connectivity index (χ2v) is 7.91. The van der Waals surface area contributed by atoms with E-state index in [0.29, 0.717) is 6.54 Å². The van der Waals surface area contributed by atoms with E-state index < -0.39 is 5.97 Å². The van der Waals surface area contributed by atoms with Gasteiger partial charge in [0.05, 0.1) is 31.8 Å². The average molecular weight is 456 g/mol. The lowest BCUT2D eigenvalue weighted by Gasteiger charge is -2.15. The number of ether oxygens (including phenoxy) is 1. The number of hydrogen-bond acceptors (Lipinski definition) is 8. The summed E-state index contributed by atoms with van der Waals surface area (Å²) in [5.41, 5.74) is 3.85. The molecule has 0 radical (unpaired) electrons. The summed E-state index contributed by atoms with van der Waals surface area (Å²) in [5, 5.41) is 25.7. The number of aliphatic hydroxyl groups is 1. The van der Waals surface area contributed by atoms with Crippen LogP contribution in [0.3, 0.4) is 0 Å². The number of thiazole rings is 1. The van der Waals surface area contributed by atoms with Gasteiger partial charge in [-0.3, -0.25) is 0 Å². The van der Waals surface area contributed by atoms with Crippen LogP contribution < -0.4 is 19.3 Å². The van der Waals surface area contributed by atoms with E-state index >= 15 is 0 Å². The quantitative estimate of drug-likeness (QED) is 0.558. The number of rotatable bonds is 6. The monoisotopic (exact) mass is 455 g/mol. The van der Waals surface area contributed by atoms with Gasteiger partial charge in [-0.25, -0.2) is 9.67 Å². The summed E-state index contributed by atoms with van der Waals surface area (Å²) in [6, 6.07) is 8.02. The molecule has 32 heavy (non-hydrogen) atoms. The fourth-order valence-corrected chi connectivity index (χ4v) is 4.08. The Labute approximate surface area is 190 Å². The number of carboxylic acids is 1. The molecule has 0 fully saturated rings. The maximum absolute atomic E-state index is 9.28. The average Bonchev–Trinajstić information content (AvgIpc) is 3.45. The molecule has 1 N–H and O–H groups in total. The lowest BCUT2D eigenvalue weighted by molar-refractivity contribution is -0.571. The van der Waals surface area contributed by atoms with Gasteiger partial charge in [0.2, 0.25) is 5.70 Å². The summed E-state index contributed by atoms with van der Waals surface area (Å²) < 4.78 is 9.18. The van der Waals surface area contributed by atoms with Gasteiger partial charge in [-0.15, -0.1) is 4.57 Å². The third kappa shape index (κ3) is 5.04. The van der Waals surface area contributed by atoms with Crippen molar-refractivity contribution in [2.45, 2.75) is 13.5 Å². The number of carbonyl (C=O) groups excluding carboxylic acids is 1. The number of fused-ring (bicyclic) bond motifs is 1. The van der Waals surface area contributed by atoms with Gasteiger partial charge >= 0.3 is 0 Å². The molecule has 0 aliphatic carbocycles. The molecule has 3 heterocycles. The van der Waals surface area contributed by atoms with Gasteiger partial charge in [0.25, 0.3) is 5.01 Å². The van der Waals surface area contributed by atoms with E-state index in [1.54, 1.807) is 29.3 Å². The molecule has 1 aliphatic rings. The van der Waals surface area contributed by atoms with Gasteiger partial charge in [0.1, 0.15) is 11.4 Å². The number of aliphatic imine (C=N–C) groups is 1. The van der Waals surface area contributed by atoms with Crippen molar-refractivity contribution in [2.24, 2.45) is 4.99 Å². The van der Waals surface area contributed by atoms with Crippen LogP contribution in [0.2, 0.25) is 0 Å². The lowest BCUT2D eigenvalue weighted by Crippen LogP contribution is -2.31. The Morgan fingerprint density at radius 2 is 2.03 bits per heavy atom. The van der Waals surface area contributed by atoms with Crippen LogP contribution in [0.25, 0.3) is 5.70 Å². The molecule has 168 valence electrons. The Balaban J connectivity index is 0.000000668. The SMILES string of the molecule is CC(=O)[O-].COc1ccc(C2=C/C(=N\c3cnn(CCO)c3N(C)C)c3scc[n+]32)cc1. The van der Waals surface area contributed by atoms with Crippen LogP contribution in [0.5, 0.6) is 5.75 Å². The molecule has 0 amide bonds. The molecule has 0 atom stereocenters. The molecule has 0 saturated heterocycles. The Morgan fingerprint density at radius 1 is 1.34 bits per heavy atom. The summed E-state index contributed by atoms with van der Waals surface area (Å²) in [5.74, 6) is 0.620. The van der Waals surface area contributed by atoms with Crippen molar-refractivity contribution < 1.29 is 24.3 Å². The van der Waals surface area contributed by atoms with Crippen LogP contribution in [0.15, 0.2) is 53.1 Å². The fraction of sp³-hybridized carbons (Fsp3) is 0.273. The standard InChI is InChI=1S/C20H22N5O2S.C2H4O2/c1-23(2)19-17(13-21-25(19)8-10-26)22-16-12-18(24-9-11-28-20(16)24)14-4-6-15(27-3)7-5-14;1-2(3)4/h4-7,9,11-13,26H,8,10H2,1-3H3;1H3,(H,3,4)/q+1;/p-1. The maximum Gasteiger partial charge on any atom is 0.293 e. The highest BCUT2D eigenvalue weighted by Gasteiger charge is 2.32. The van der Waals surface area contributed by atoms with E-state index in [0.717, 1.165) is 46.2 Å². The summed E-state index contributed by atoms with van der Waals surface area (Å²) in [6.07, 6.45) is 5.90. The first kappa shape index (κ1) is 23.2.